The van der Waals surface area contributed by atoms with Gasteiger partial charge in [0.05, 0.1) is 16.7 Å². The van der Waals surface area contributed by atoms with E-state index >= 15 is 0 Å². The molecule has 10 aromatic rings. The maximum Gasteiger partial charge on any atom is 0.159 e. The minimum absolute atomic E-state index is 0.0145. The molecule has 0 aliphatic heterocycles. The van der Waals surface area contributed by atoms with Crippen molar-refractivity contribution >= 4 is 76.8 Å². The summed E-state index contributed by atoms with van der Waals surface area (Å²) < 4.78 is 23.6. The van der Waals surface area contributed by atoms with Crippen LogP contribution < -0.4 is 9.47 Å². The van der Waals surface area contributed by atoms with Crippen LogP contribution in [0.1, 0.15) is 51.3 Å². The molecule has 3 aromatic heterocycles. The average molecular weight is 780 g/mol. The van der Waals surface area contributed by atoms with E-state index < -0.39 is 0 Å². The summed E-state index contributed by atoms with van der Waals surface area (Å²) in [5.41, 5.74) is 11.1. The molecular weight excluding hydrogens is 742 g/mol. The van der Waals surface area contributed by atoms with Crippen molar-refractivity contribution in [3.8, 4) is 39.8 Å². The van der Waals surface area contributed by atoms with Crippen molar-refractivity contribution in [3.63, 3.8) is 0 Å². The van der Waals surface area contributed by atoms with E-state index in [9.17, 15) is 0 Å². The average Bonchev–Trinajstić information content (AvgIpc) is 3.94. The van der Waals surface area contributed by atoms with Gasteiger partial charge in [-0.2, -0.15) is 0 Å². The number of ether oxygens (including phenoxy) is 2. The zero-order chi connectivity index (χ0) is 38.8. The Balaban J connectivity index is 1.08. The van der Waals surface area contributed by atoms with E-state index in [-0.39, 0.29) is 10.8 Å². The summed E-state index contributed by atoms with van der Waals surface area (Å²) in [5, 5.41) is 7.87. The molecule has 0 N–H and O–H groups in total. The van der Waals surface area contributed by atoms with Crippen LogP contribution in [0.5, 0.6) is 23.0 Å². The standard InChI is InChI=1S/C51H38ClNO3S/c1-50(2,3)29-21-22-47-37(23-29)46(28-57-47)55-45-20-12-19-44(48(45)52)54-30-24-36-33-15-8-11-18-43(33)56-49(36)42(25-30)53-40-17-10-7-14-32(40)35-26-39-34(27-41(35)53)31-13-6-9-16-38(31)51(39,4)5/h6-28H,1-5H3. The maximum absolute atomic E-state index is 7.17. The summed E-state index contributed by atoms with van der Waals surface area (Å²) >= 11 is 8.83. The number of benzene rings is 7. The SMILES string of the molecule is CC(C)(C)c1ccc2scc(Oc3cccc(Oc4cc(-n5c6ccccc6c6cc7c(cc65)-c5ccccc5C7(C)C)c5oc6ccccc6c5c4)c3Cl)c2c1. The molecule has 4 nitrogen and oxygen atoms in total. The Morgan fingerprint density at radius 3 is 2.21 bits per heavy atom. The zero-order valence-electron chi connectivity index (χ0n) is 32.2. The van der Waals surface area contributed by atoms with Crippen LogP contribution in [0.2, 0.25) is 5.02 Å². The van der Waals surface area contributed by atoms with Gasteiger partial charge in [-0.3, -0.25) is 0 Å². The van der Waals surface area contributed by atoms with Gasteiger partial charge in [-0.1, -0.05) is 119 Å². The molecule has 1 aliphatic carbocycles. The second-order valence-corrected chi connectivity index (χ2v) is 18.0. The summed E-state index contributed by atoms with van der Waals surface area (Å²) in [6, 6.07) is 46.8. The molecule has 0 bridgehead atoms. The van der Waals surface area contributed by atoms with Crippen molar-refractivity contribution in [1.29, 1.82) is 0 Å². The van der Waals surface area contributed by atoms with Crippen molar-refractivity contribution < 1.29 is 13.9 Å². The van der Waals surface area contributed by atoms with E-state index in [1.807, 2.05) is 41.8 Å². The van der Waals surface area contributed by atoms with Crippen LogP contribution in [0.4, 0.5) is 0 Å². The fourth-order valence-corrected chi connectivity index (χ4v) is 9.92. The van der Waals surface area contributed by atoms with Gasteiger partial charge < -0.3 is 18.5 Å². The molecule has 11 rings (SSSR count). The molecule has 278 valence electrons. The molecule has 0 atom stereocenters. The first-order chi connectivity index (χ1) is 27.5. The van der Waals surface area contributed by atoms with Crippen LogP contribution in [0.15, 0.2) is 143 Å². The summed E-state index contributed by atoms with van der Waals surface area (Å²) in [7, 11) is 0. The molecule has 0 saturated carbocycles. The molecule has 0 fully saturated rings. The number of hydrogen-bond donors (Lipinski definition) is 0. The summed E-state index contributed by atoms with van der Waals surface area (Å²) in [4.78, 5) is 0. The first kappa shape index (κ1) is 34.3. The van der Waals surface area contributed by atoms with Gasteiger partial charge in [0.15, 0.2) is 5.58 Å². The molecule has 7 aromatic carbocycles. The predicted octanol–water partition coefficient (Wildman–Crippen LogP) is 15.7. The zero-order valence-corrected chi connectivity index (χ0v) is 33.8. The molecule has 3 heterocycles. The van der Waals surface area contributed by atoms with E-state index in [2.05, 4.69) is 136 Å². The van der Waals surface area contributed by atoms with E-state index in [1.54, 1.807) is 11.3 Å². The highest BCUT2D eigenvalue weighted by atomic mass is 35.5. The molecule has 57 heavy (non-hydrogen) atoms. The number of para-hydroxylation sites is 2. The fourth-order valence-electron chi connectivity index (χ4n) is 8.88. The van der Waals surface area contributed by atoms with Crippen LogP contribution in [-0.2, 0) is 10.8 Å². The van der Waals surface area contributed by atoms with Crippen LogP contribution in [-0.4, -0.2) is 4.57 Å². The van der Waals surface area contributed by atoms with Gasteiger partial charge in [-0.15, -0.1) is 11.3 Å². The Labute approximate surface area is 339 Å². The topological polar surface area (TPSA) is 36.5 Å². The van der Waals surface area contributed by atoms with Gasteiger partial charge in [-0.05, 0) is 87.8 Å². The molecule has 6 heteroatoms. The van der Waals surface area contributed by atoms with Crippen molar-refractivity contribution in [2.45, 2.75) is 45.4 Å². The lowest BCUT2D eigenvalue weighted by Gasteiger charge is -2.21. The van der Waals surface area contributed by atoms with E-state index in [0.717, 1.165) is 54.5 Å². The first-order valence-corrected chi connectivity index (χ1v) is 20.6. The minimum Gasteiger partial charge on any atom is -0.456 e. The smallest absolute Gasteiger partial charge is 0.159 e. The second-order valence-electron chi connectivity index (χ2n) is 16.7. The highest BCUT2D eigenvalue weighted by Gasteiger charge is 2.36. The molecule has 0 unspecified atom stereocenters. The van der Waals surface area contributed by atoms with Gasteiger partial charge in [0.1, 0.15) is 33.6 Å². The maximum atomic E-state index is 7.17. The number of rotatable bonds is 5. The van der Waals surface area contributed by atoms with Crippen LogP contribution in [0.3, 0.4) is 0 Å². The monoisotopic (exact) mass is 779 g/mol. The van der Waals surface area contributed by atoms with E-state index in [1.165, 1.54) is 38.6 Å². The summed E-state index contributed by atoms with van der Waals surface area (Å²) in [5.74, 6) is 2.45. The molecular formula is C51H38ClNO3S. The number of halogens is 1. The third-order valence-electron chi connectivity index (χ3n) is 11.8. The third kappa shape index (κ3) is 5.19. The first-order valence-electron chi connectivity index (χ1n) is 19.3. The number of furan rings is 1. The Morgan fingerprint density at radius 1 is 0.614 bits per heavy atom. The number of fused-ring (bicyclic) bond motifs is 10. The molecule has 0 radical (unpaired) electrons. The normalized spacial score (nSPS) is 13.6. The third-order valence-corrected chi connectivity index (χ3v) is 13.1. The minimum atomic E-state index is -0.119. The lowest BCUT2D eigenvalue weighted by molar-refractivity contribution is 0.464. The summed E-state index contributed by atoms with van der Waals surface area (Å²) in [6.45, 7) is 11.3. The van der Waals surface area contributed by atoms with Gasteiger partial charge in [0.25, 0.3) is 0 Å². The van der Waals surface area contributed by atoms with Crippen LogP contribution >= 0.6 is 22.9 Å². The van der Waals surface area contributed by atoms with Gasteiger partial charge in [0.2, 0.25) is 0 Å². The quantitative estimate of drug-likeness (QED) is 0.175. The lowest BCUT2D eigenvalue weighted by atomic mass is 9.82. The van der Waals surface area contributed by atoms with Crippen LogP contribution in [0.25, 0.3) is 70.6 Å². The number of thiophene rings is 1. The number of aromatic nitrogens is 1. The molecule has 0 spiro atoms. The van der Waals surface area contributed by atoms with Crippen LogP contribution in [0, 0.1) is 0 Å². The Kier molecular flexibility index (Phi) is 7.36. The lowest BCUT2D eigenvalue weighted by Crippen LogP contribution is -2.14. The van der Waals surface area contributed by atoms with Crippen molar-refractivity contribution in [3.05, 3.63) is 161 Å². The van der Waals surface area contributed by atoms with Gasteiger partial charge in [-0.25, -0.2) is 0 Å². The summed E-state index contributed by atoms with van der Waals surface area (Å²) in [6.07, 6.45) is 0. The Hall–Kier alpha value is -6.01. The number of hydrogen-bond acceptors (Lipinski definition) is 4. The van der Waals surface area contributed by atoms with E-state index in [4.69, 9.17) is 25.5 Å². The van der Waals surface area contributed by atoms with Crippen molar-refractivity contribution in [1.82, 2.24) is 4.57 Å². The van der Waals surface area contributed by atoms with Gasteiger partial charge in [0, 0.05) is 48.5 Å². The molecule has 0 amide bonds. The highest BCUT2D eigenvalue weighted by molar-refractivity contribution is 7.17. The fraction of sp³-hybridized carbons (Fsp3) is 0.137. The highest BCUT2D eigenvalue weighted by Crippen LogP contribution is 2.52. The van der Waals surface area contributed by atoms with Crippen molar-refractivity contribution in [2.24, 2.45) is 0 Å². The molecule has 1 aliphatic rings. The van der Waals surface area contributed by atoms with E-state index in [0.29, 0.717) is 22.3 Å². The molecule has 0 saturated heterocycles. The van der Waals surface area contributed by atoms with Crippen molar-refractivity contribution in [2.75, 3.05) is 0 Å². The van der Waals surface area contributed by atoms with Gasteiger partial charge >= 0.3 is 0 Å². The predicted molar refractivity (Wildman–Crippen MR) is 238 cm³/mol. The largest absolute Gasteiger partial charge is 0.456 e. The Bertz CT molecular complexity index is 3280. The number of nitrogens with zero attached hydrogens (tertiary/aromatic N) is 1. The second kappa shape index (κ2) is 12.2. The Morgan fingerprint density at radius 2 is 1.37 bits per heavy atom.